The van der Waals surface area contributed by atoms with Crippen molar-refractivity contribution in [1.29, 1.82) is 5.26 Å². The summed E-state index contributed by atoms with van der Waals surface area (Å²) in [5.41, 5.74) is -4.75. The van der Waals surface area contributed by atoms with Gasteiger partial charge in [0.15, 0.2) is 5.78 Å². The zero-order valence-corrected chi connectivity index (χ0v) is 26.0. The number of hydrogen-bond acceptors (Lipinski definition) is 5. The molecule has 5 aliphatic carbocycles. The van der Waals surface area contributed by atoms with Crippen molar-refractivity contribution in [3.63, 3.8) is 0 Å². The van der Waals surface area contributed by atoms with E-state index in [9.17, 15) is 32.8 Å². The van der Waals surface area contributed by atoms with Crippen LogP contribution in [0.1, 0.15) is 99.8 Å². The van der Waals surface area contributed by atoms with E-state index in [1.54, 1.807) is 0 Å². The molecule has 0 aromatic rings. The zero-order chi connectivity index (χ0) is 31.1. The van der Waals surface area contributed by atoms with Crippen LogP contribution in [0.3, 0.4) is 0 Å². The van der Waals surface area contributed by atoms with Crippen LogP contribution in [0.5, 0.6) is 0 Å². The highest BCUT2D eigenvalue weighted by molar-refractivity contribution is 6.00. The van der Waals surface area contributed by atoms with Gasteiger partial charge in [0.1, 0.15) is 24.5 Å². The van der Waals surface area contributed by atoms with E-state index in [2.05, 4.69) is 46.0 Å². The van der Waals surface area contributed by atoms with Crippen molar-refractivity contribution in [2.45, 2.75) is 118 Å². The van der Waals surface area contributed by atoms with Crippen LogP contribution in [0.15, 0.2) is 0 Å². The fourth-order valence-electron chi connectivity index (χ4n) is 11.9. The van der Waals surface area contributed by atoms with E-state index in [0.29, 0.717) is 25.7 Å². The Morgan fingerprint density at radius 1 is 0.976 bits per heavy atom. The summed E-state index contributed by atoms with van der Waals surface area (Å²) in [7, 11) is 0. The molecular weight excluding hydrogens is 545 g/mol. The van der Waals surface area contributed by atoms with Gasteiger partial charge in [-0.15, -0.1) is 0 Å². The Morgan fingerprint density at radius 3 is 2.24 bits per heavy atom. The van der Waals surface area contributed by atoms with E-state index in [4.69, 9.17) is 4.74 Å². The molecule has 1 saturated heterocycles. The lowest BCUT2D eigenvalue weighted by molar-refractivity contribution is -0.233. The molecule has 42 heavy (non-hydrogen) atoms. The van der Waals surface area contributed by atoms with Gasteiger partial charge in [0.25, 0.3) is 0 Å². The lowest BCUT2D eigenvalue weighted by Gasteiger charge is -2.72. The van der Waals surface area contributed by atoms with E-state index in [0.717, 1.165) is 19.3 Å². The number of ether oxygens (including phenoxy) is 1. The number of hydrogen-bond donors (Lipinski definition) is 1. The average molecular weight is 591 g/mol. The second kappa shape index (κ2) is 8.40. The molecule has 1 aliphatic heterocycles. The number of carbonyl (C=O) groups excluding carboxylic acids is 3. The number of nitriles is 1. The van der Waals surface area contributed by atoms with Crippen molar-refractivity contribution in [1.82, 2.24) is 5.32 Å². The number of nitrogens with zero attached hydrogens (tertiary/aromatic N) is 1. The Balaban J connectivity index is 1.42. The van der Waals surface area contributed by atoms with Crippen LogP contribution in [-0.2, 0) is 19.1 Å². The summed E-state index contributed by atoms with van der Waals surface area (Å²) in [5.74, 6) is -1.58. The Bertz CT molecular complexity index is 1300. The first-order valence-corrected chi connectivity index (χ1v) is 15.7. The zero-order valence-electron chi connectivity index (χ0n) is 26.0. The number of nitrogens with one attached hydrogen (secondary N) is 1. The molecule has 1 amide bonds. The third kappa shape index (κ3) is 3.51. The highest BCUT2D eigenvalue weighted by Crippen LogP contribution is 2.78. The third-order valence-electron chi connectivity index (χ3n) is 14.2. The minimum absolute atomic E-state index is 0.0399. The summed E-state index contributed by atoms with van der Waals surface area (Å²) in [5, 5.41) is 12.4. The molecule has 0 aromatic carbocycles. The summed E-state index contributed by atoms with van der Waals surface area (Å²) in [4.78, 5) is 41.9. The van der Waals surface area contributed by atoms with Gasteiger partial charge in [0, 0.05) is 23.2 Å². The van der Waals surface area contributed by atoms with Gasteiger partial charge in [-0.1, -0.05) is 48.5 Å². The number of amides is 1. The van der Waals surface area contributed by atoms with E-state index in [1.807, 2.05) is 13.8 Å². The molecule has 10 atom stereocenters. The highest BCUT2D eigenvalue weighted by Gasteiger charge is 2.84. The van der Waals surface area contributed by atoms with Gasteiger partial charge in [0.2, 0.25) is 11.5 Å². The van der Waals surface area contributed by atoms with Crippen LogP contribution < -0.4 is 5.32 Å². The Kier molecular flexibility index (Phi) is 6.02. The summed E-state index contributed by atoms with van der Waals surface area (Å²) in [6.07, 6.45) is -0.371. The van der Waals surface area contributed by atoms with Crippen LogP contribution in [-0.4, -0.2) is 41.9 Å². The molecule has 1 heterocycles. The number of epoxide rings is 1. The number of fused-ring (bicyclic) bond motifs is 9. The Morgan fingerprint density at radius 2 is 1.62 bits per heavy atom. The normalized spacial score (nSPS) is 50.2. The predicted octanol–water partition coefficient (Wildman–Crippen LogP) is 6.18. The number of alkyl halides is 3. The van der Waals surface area contributed by atoms with Gasteiger partial charge >= 0.3 is 6.18 Å². The molecule has 232 valence electrons. The van der Waals surface area contributed by atoms with Crippen molar-refractivity contribution in [3.05, 3.63) is 0 Å². The fourth-order valence-corrected chi connectivity index (χ4v) is 11.9. The van der Waals surface area contributed by atoms with Crippen molar-refractivity contribution in [2.75, 3.05) is 6.54 Å². The van der Waals surface area contributed by atoms with Gasteiger partial charge in [-0.3, -0.25) is 14.4 Å². The Labute approximate surface area is 246 Å². The van der Waals surface area contributed by atoms with E-state index >= 15 is 0 Å². The highest BCUT2D eigenvalue weighted by atomic mass is 19.4. The van der Waals surface area contributed by atoms with Crippen molar-refractivity contribution < 1.29 is 32.3 Å². The number of carbonyl (C=O) groups is 3. The number of ketones is 2. The molecular formula is C33H45F3N2O4. The molecule has 1 N–H and O–H groups in total. The van der Waals surface area contributed by atoms with Crippen molar-refractivity contribution >= 4 is 17.5 Å². The van der Waals surface area contributed by atoms with Gasteiger partial charge in [-0.25, -0.2) is 0 Å². The van der Waals surface area contributed by atoms with Gasteiger partial charge in [-0.05, 0) is 78.9 Å². The summed E-state index contributed by atoms with van der Waals surface area (Å²) in [6.45, 7) is 13.3. The van der Waals surface area contributed by atoms with E-state index in [-0.39, 0.29) is 46.6 Å². The quantitative estimate of drug-likeness (QED) is 0.388. The third-order valence-corrected chi connectivity index (χ3v) is 14.2. The molecule has 5 saturated carbocycles. The smallest absolute Gasteiger partial charge is 0.346 e. The molecule has 0 spiro atoms. The lowest BCUT2D eigenvalue weighted by atomic mass is 9.31. The largest absolute Gasteiger partial charge is 0.405 e. The molecule has 0 radical (unpaired) electrons. The minimum atomic E-state index is -4.51. The molecule has 6 aliphatic rings. The second-order valence-electron chi connectivity index (χ2n) is 16.8. The van der Waals surface area contributed by atoms with Gasteiger partial charge < -0.3 is 10.1 Å². The maximum Gasteiger partial charge on any atom is 0.405 e. The van der Waals surface area contributed by atoms with Crippen LogP contribution in [0.4, 0.5) is 13.2 Å². The van der Waals surface area contributed by atoms with E-state index < -0.39 is 57.9 Å². The first-order chi connectivity index (χ1) is 19.2. The molecule has 9 heteroatoms. The standard InChI is InChI=1S/C33H45F3N2O4/c1-26(2)10-12-31(25(41)38-17-33(34,35)36)13-11-29(6)22(18(31)15-26)19(39)14-21-28(29,5)9-8-20-27(3,4)23(40)32(16-37)24(42-32)30(20,21)7/h18,20-22,24H,8-15,17H2,1-7H3,(H,38,41). The molecule has 0 bridgehead atoms. The summed E-state index contributed by atoms with van der Waals surface area (Å²) < 4.78 is 45.6. The number of halogens is 3. The lowest BCUT2D eigenvalue weighted by Crippen LogP contribution is -2.71. The Hall–Kier alpha value is -1.95. The SMILES string of the molecule is CC1(C)CCC2(C(=O)NCC(F)(F)F)CCC3(C)C(C(=O)CC4C5(C)C(CCC43C)C(C)(C)C(=O)C3(C#N)OC35)C2C1. The van der Waals surface area contributed by atoms with Gasteiger partial charge in [0.05, 0.1) is 5.41 Å². The summed E-state index contributed by atoms with van der Waals surface area (Å²) >= 11 is 0. The van der Waals surface area contributed by atoms with E-state index in [1.165, 1.54) is 0 Å². The number of rotatable bonds is 2. The molecule has 6 fully saturated rings. The molecule has 6 nitrogen and oxygen atoms in total. The van der Waals surface area contributed by atoms with Crippen molar-refractivity contribution in [3.8, 4) is 6.07 Å². The van der Waals surface area contributed by atoms with Gasteiger partial charge in [-0.2, -0.15) is 18.4 Å². The van der Waals surface area contributed by atoms with Crippen LogP contribution >= 0.6 is 0 Å². The minimum Gasteiger partial charge on any atom is -0.346 e. The van der Waals surface area contributed by atoms with Crippen molar-refractivity contribution in [2.24, 2.45) is 56.2 Å². The second-order valence-corrected chi connectivity index (χ2v) is 16.8. The predicted molar refractivity (Wildman–Crippen MR) is 148 cm³/mol. The number of Topliss-reactive ketones (excluding diaryl/α,β-unsaturated/α-hetero) is 2. The maximum absolute atomic E-state index is 14.6. The maximum atomic E-state index is 14.6. The van der Waals surface area contributed by atoms with Crippen LogP contribution in [0.2, 0.25) is 0 Å². The molecule has 6 rings (SSSR count). The molecule has 10 unspecified atom stereocenters. The summed E-state index contributed by atoms with van der Waals surface area (Å²) in [6, 6.07) is 2.21. The van der Waals surface area contributed by atoms with Crippen LogP contribution in [0, 0.1) is 67.5 Å². The fraction of sp³-hybridized carbons (Fsp3) is 0.879. The first kappa shape index (κ1) is 30.1. The first-order valence-electron chi connectivity index (χ1n) is 15.7. The average Bonchev–Trinajstić information content (AvgIpc) is 3.64. The topological polar surface area (TPSA) is 99.6 Å². The van der Waals surface area contributed by atoms with Crippen LogP contribution in [0.25, 0.3) is 0 Å². The molecule has 0 aromatic heterocycles. The monoisotopic (exact) mass is 590 g/mol.